The lowest BCUT2D eigenvalue weighted by Crippen LogP contribution is -2.49. The van der Waals surface area contributed by atoms with Crippen LogP contribution >= 0.6 is 0 Å². The molecule has 0 unspecified atom stereocenters. The number of hydrogen-bond donors (Lipinski definition) is 1. The van der Waals surface area contributed by atoms with Gasteiger partial charge in [-0.1, -0.05) is 43.7 Å². The Morgan fingerprint density at radius 1 is 1.04 bits per heavy atom. The summed E-state index contributed by atoms with van der Waals surface area (Å²) in [7, 11) is 1.20. The second kappa shape index (κ2) is 13.5. The van der Waals surface area contributed by atoms with Crippen LogP contribution in [0.25, 0.3) is 0 Å². The number of esters is 1. The van der Waals surface area contributed by atoms with Gasteiger partial charge in [0.05, 0.1) is 13.7 Å². The highest BCUT2D eigenvalue weighted by atomic mass is 16.6. The molecule has 8 heteroatoms. The van der Waals surface area contributed by atoms with Gasteiger partial charge in [0.1, 0.15) is 12.6 Å². The van der Waals surface area contributed by atoms with Gasteiger partial charge < -0.3 is 19.9 Å². The third-order valence-electron chi connectivity index (χ3n) is 4.04. The second-order valence-corrected chi connectivity index (χ2v) is 6.20. The minimum Gasteiger partial charge on any atom is -0.467 e. The fourth-order valence-corrected chi connectivity index (χ4v) is 2.46. The molecule has 1 atom stereocenters. The van der Waals surface area contributed by atoms with E-state index in [-0.39, 0.29) is 19.6 Å². The lowest BCUT2D eigenvalue weighted by Gasteiger charge is -2.27. The Kier molecular flexibility index (Phi) is 11.3. The molecule has 0 aliphatic rings. The van der Waals surface area contributed by atoms with E-state index in [1.54, 1.807) is 12.1 Å². The normalized spacial score (nSPS) is 11.4. The highest BCUT2D eigenvalue weighted by molar-refractivity contribution is 5.93. The number of methoxy groups -OCH3 is 1. The van der Waals surface area contributed by atoms with Crippen LogP contribution in [0.4, 0.5) is 9.59 Å². The summed E-state index contributed by atoms with van der Waals surface area (Å²) in [6, 6.07) is 7.91. The average Bonchev–Trinajstić information content (AvgIpc) is 2.71. The Morgan fingerprint density at radius 3 is 2.32 bits per heavy atom. The molecule has 2 amide bonds. The van der Waals surface area contributed by atoms with Crippen molar-refractivity contribution in [3.63, 3.8) is 0 Å². The third kappa shape index (κ3) is 7.96. The van der Waals surface area contributed by atoms with E-state index >= 15 is 0 Å². The number of carbonyl (C=O) groups is 3. The molecule has 28 heavy (non-hydrogen) atoms. The monoisotopic (exact) mass is 394 g/mol. The van der Waals surface area contributed by atoms with Gasteiger partial charge in [0.15, 0.2) is 0 Å². The molecule has 1 aromatic carbocycles. The number of benzene rings is 1. The van der Waals surface area contributed by atoms with Crippen LogP contribution in [0.5, 0.6) is 0 Å². The Bertz CT molecular complexity index is 608. The van der Waals surface area contributed by atoms with Crippen LogP contribution < -0.4 is 5.73 Å². The highest BCUT2D eigenvalue weighted by Crippen LogP contribution is 2.15. The minimum atomic E-state index is -1.13. The molecule has 0 fully saturated rings. The first kappa shape index (κ1) is 23.4. The summed E-state index contributed by atoms with van der Waals surface area (Å²) >= 11 is 0. The van der Waals surface area contributed by atoms with E-state index in [1.807, 2.05) is 25.1 Å². The number of carbonyl (C=O) groups excluding carboxylic acids is 3. The van der Waals surface area contributed by atoms with Gasteiger partial charge in [-0.3, -0.25) is 0 Å². The largest absolute Gasteiger partial charge is 0.467 e. The van der Waals surface area contributed by atoms with Crippen LogP contribution in [0.1, 0.15) is 44.6 Å². The van der Waals surface area contributed by atoms with Crippen LogP contribution in [-0.4, -0.2) is 49.4 Å². The maximum Gasteiger partial charge on any atom is 0.420 e. The molecule has 2 N–H and O–H groups in total. The van der Waals surface area contributed by atoms with Gasteiger partial charge in [0, 0.05) is 0 Å². The predicted octanol–water partition coefficient (Wildman–Crippen LogP) is 3.23. The summed E-state index contributed by atoms with van der Waals surface area (Å²) in [5, 5.41) is 0. The summed E-state index contributed by atoms with van der Waals surface area (Å²) in [5.41, 5.74) is 6.26. The molecule has 1 aromatic rings. The van der Waals surface area contributed by atoms with Crippen molar-refractivity contribution in [2.75, 3.05) is 20.3 Å². The van der Waals surface area contributed by atoms with Crippen molar-refractivity contribution in [3.05, 3.63) is 35.9 Å². The van der Waals surface area contributed by atoms with Gasteiger partial charge in [0.25, 0.3) is 0 Å². The molecule has 0 saturated heterocycles. The Balaban J connectivity index is 2.93. The predicted molar refractivity (Wildman–Crippen MR) is 103 cm³/mol. The van der Waals surface area contributed by atoms with Crippen molar-refractivity contribution in [1.82, 2.24) is 4.90 Å². The van der Waals surface area contributed by atoms with Crippen molar-refractivity contribution in [2.24, 2.45) is 5.73 Å². The number of amides is 2. The Hall–Kier alpha value is -2.61. The van der Waals surface area contributed by atoms with Crippen LogP contribution in [0.15, 0.2) is 30.3 Å². The quantitative estimate of drug-likeness (QED) is 0.349. The smallest absolute Gasteiger partial charge is 0.420 e. The molecule has 0 aliphatic heterocycles. The maximum atomic E-state index is 12.7. The molecule has 0 spiro atoms. The maximum absolute atomic E-state index is 12.7. The number of imide groups is 1. The van der Waals surface area contributed by atoms with Crippen LogP contribution in [0, 0.1) is 0 Å². The molecular formula is C20H30N2O6. The molecule has 1 rings (SSSR count). The number of ether oxygens (including phenoxy) is 3. The number of nitrogens with zero attached hydrogens (tertiary/aromatic N) is 1. The number of rotatable bonds is 11. The topological polar surface area (TPSA) is 108 Å². The van der Waals surface area contributed by atoms with Crippen LogP contribution in [0.3, 0.4) is 0 Å². The van der Waals surface area contributed by atoms with E-state index in [9.17, 15) is 14.4 Å². The molecule has 0 aromatic heterocycles. The van der Waals surface area contributed by atoms with Crippen molar-refractivity contribution < 1.29 is 28.6 Å². The zero-order chi connectivity index (χ0) is 20.8. The molecule has 156 valence electrons. The van der Waals surface area contributed by atoms with Gasteiger partial charge in [-0.2, -0.15) is 4.90 Å². The summed E-state index contributed by atoms with van der Waals surface area (Å²) < 4.78 is 15.2. The Labute approximate surface area is 165 Å². The van der Waals surface area contributed by atoms with Gasteiger partial charge in [-0.15, -0.1) is 0 Å². The van der Waals surface area contributed by atoms with Gasteiger partial charge >= 0.3 is 18.2 Å². The molecular weight excluding hydrogens is 364 g/mol. The fourth-order valence-electron chi connectivity index (χ4n) is 2.46. The number of nitrogens with two attached hydrogens (primary N) is 1. The van der Waals surface area contributed by atoms with Crippen LogP contribution in [-0.2, 0) is 25.6 Å². The van der Waals surface area contributed by atoms with E-state index in [0.717, 1.165) is 12.0 Å². The SMILES string of the molecule is CCCCOC(=O)N(C(=O)OCc1ccccc1)[C@@H](CCCCN)C(=O)OC. The first-order valence-corrected chi connectivity index (χ1v) is 9.49. The first-order valence-electron chi connectivity index (χ1n) is 9.49. The molecule has 8 nitrogen and oxygen atoms in total. The first-order chi connectivity index (χ1) is 13.5. The summed E-state index contributed by atoms with van der Waals surface area (Å²) in [4.78, 5) is 38.2. The standard InChI is InChI=1S/C20H30N2O6/c1-3-4-14-27-19(24)22(17(18(23)26-2)12-8-9-13-21)20(25)28-15-16-10-6-5-7-11-16/h5-7,10-11,17H,3-4,8-9,12-15,21H2,1-2H3/t17-/m0/s1. The lowest BCUT2D eigenvalue weighted by molar-refractivity contribution is -0.146. The minimum absolute atomic E-state index is 0.0326. The van der Waals surface area contributed by atoms with Crippen molar-refractivity contribution in [3.8, 4) is 0 Å². The van der Waals surface area contributed by atoms with E-state index < -0.39 is 24.2 Å². The van der Waals surface area contributed by atoms with Crippen molar-refractivity contribution in [1.29, 1.82) is 0 Å². The fraction of sp³-hybridized carbons (Fsp3) is 0.550. The molecule has 0 bridgehead atoms. The van der Waals surface area contributed by atoms with Crippen LogP contribution in [0.2, 0.25) is 0 Å². The molecule has 0 aliphatic carbocycles. The van der Waals surface area contributed by atoms with E-state index in [2.05, 4.69) is 0 Å². The average molecular weight is 394 g/mol. The summed E-state index contributed by atoms with van der Waals surface area (Å²) in [6.45, 7) is 2.50. The summed E-state index contributed by atoms with van der Waals surface area (Å²) in [5.74, 6) is -0.707. The highest BCUT2D eigenvalue weighted by Gasteiger charge is 2.37. The number of hydrogen-bond acceptors (Lipinski definition) is 7. The zero-order valence-corrected chi connectivity index (χ0v) is 16.6. The van der Waals surface area contributed by atoms with Crippen molar-refractivity contribution in [2.45, 2.75) is 51.7 Å². The molecule has 0 heterocycles. The van der Waals surface area contributed by atoms with Crippen molar-refractivity contribution >= 4 is 18.2 Å². The third-order valence-corrected chi connectivity index (χ3v) is 4.04. The van der Waals surface area contributed by atoms with Gasteiger partial charge in [0.2, 0.25) is 0 Å². The lowest BCUT2D eigenvalue weighted by atomic mass is 10.1. The Morgan fingerprint density at radius 2 is 1.71 bits per heavy atom. The summed E-state index contributed by atoms with van der Waals surface area (Å²) in [6.07, 6.45) is 1.000. The van der Waals surface area contributed by atoms with E-state index in [1.165, 1.54) is 7.11 Å². The van der Waals surface area contributed by atoms with Gasteiger partial charge in [-0.05, 0) is 37.8 Å². The van der Waals surface area contributed by atoms with E-state index in [4.69, 9.17) is 19.9 Å². The molecule has 0 radical (unpaired) electrons. The molecule has 0 saturated carbocycles. The number of unbranched alkanes of at least 4 members (excludes halogenated alkanes) is 2. The zero-order valence-electron chi connectivity index (χ0n) is 16.6. The van der Waals surface area contributed by atoms with Gasteiger partial charge in [-0.25, -0.2) is 14.4 Å². The second-order valence-electron chi connectivity index (χ2n) is 6.20. The van der Waals surface area contributed by atoms with E-state index in [0.29, 0.717) is 30.7 Å².